The maximum atomic E-state index is 12.3. The summed E-state index contributed by atoms with van der Waals surface area (Å²) in [5, 5.41) is 0. The van der Waals surface area contributed by atoms with Crippen LogP contribution in [0.25, 0.3) is 0 Å². The maximum absolute atomic E-state index is 12.3. The number of ketones is 1. The first kappa shape index (κ1) is 17.2. The van der Waals surface area contributed by atoms with Crippen LogP contribution in [-0.2, 0) is 4.43 Å². The first-order valence-corrected chi connectivity index (χ1v) is 10.5. The average Bonchev–Trinajstić information content (AvgIpc) is 2.44. The minimum atomic E-state index is -0.829. The number of carbonyl (C=O) groups is 1. The fourth-order valence-electron chi connectivity index (χ4n) is 3.09. The third-order valence-corrected chi connectivity index (χ3v) is 4.80. The second-order valence-electron chi connectivity index (χ2n) is 7.27. The van der Waals surface area contributed by atoms with E-state index in [1.54, 1.807) is 0 Å². The summed E-state index contributed by atoms with van der Waals surface area (Å²) in [4.78, 5) is 14.7. The van der Waals surface area contributed by atoms with E-state index >= 15 is 0 Å². The Labute approximate surface area is 136 Å². The van der Waals surface area contributed by atoms with E-state index < -0.39 is 9.04 Å². The van der Waals surface area contributed by atoms with Gasteiger partial charge in [0, 0.05) is 30.6 Å². The third kappa shape index (κ3) is 3.44. The molecule has 0 saturated carbocycles. The normalized spacial score (nSPS) is 16.9. The molecular weight excluding hydrogens is 290 g/mol. The van der Waals surface area contributed by atoms with Gasteiger partial charge in [0.1, 0.15) is 0 Å². The van der Waals surface area contributed by atoms with Gasteiger partial charge < -0.3 is 9.33 Å². The molecule has 1 heterocycles. The van der Waals surface area contributed by atoms with Gasteiger partial charge in [-0.15, -0.1) is 0 Å². The van der Waals surface area contributed by atoms with Crippen LogP contribution in [0.1, 0.15) is 56.1 Å². The summed E-state index contributed by atoms with van der Waals surface area (Å²) in [5.74, 6) is 0.257. The molecule has 0 fully saturated rings. The van der Waals surface area contributed by atoms with Gasteiger partial charge in [0.05, 0.1) is 11.8 Å². The maximum Gasteiger partial charge on any atom is 0.205 e. The SMILES string of the molecule is CCN1CCC(=O)c2cccc(C(O[Si](C)C)C(C)(C)C)c21. The van der Waals surface area contributed by atoms with Gasteiger partial charge in [0.15, 0.2) is 5.78 Å². The zero-order valence-electron chi connectivity index (χ0n) is 14.7. The fourth-order valence-corrected chi connectivity index (χ4v) is 4.04. The summed E-state index contributed by atoms with van der Waals surface area (Å²) in [6, 6.07) is 6.11. The van der Waals surface area contributed by atoms with Crippen molar-refractivity contribution in [2.45, 2.75) is 53.3 Å². The lowest BCUT2D eigenvalue weighted by atomic mass is 9.82. The monoisotopic (exact) mass is 318 g/mol. The van der Waals surface area contributed by atoms with Crippen LogP contribution in [0.2, 0.25) is 13.1 Å². The molecule has 0 amide bonds. The summed E-state index contributed by atoms with van der Waals surface area (Å²) in [6.07, 6.45) is 0.633. The first-order chi connectivity index (χ1) is 10.3. The Morgan fingerprint density at radius 1 is 1.32 bits per heavy atom. The first-order valence-electron chi connectivity index (χ1n) is 8.13. The second-order valence-corrected chi connectivity index (χ2v) is 9.32. The molecule has 1 unspecified atom stereocenters. The van der Waals surface area contributed by atoms with E-state index in [0.29, 0.717) is 6.42 Å². The highest BCUT2D eigenvalue weighted by Crippen LogP contribution is 2.43. The zero-order valence-corrected chi connectivity index (χ0v) is 15.7. The zero-order chi connectivity index (χ0) is 16.5. The lowest BCUT2D eigenvalue weighted by Gasteiger charge is -2.38. The van der Waals surface area contributed by atoms with Crippen molar-refractivity contribution in [2.75, 3.05) is 18.0 Å². The van der Waals surface area contributed by atoms with E-state index in [1.165, 1.54) is 5.56 Å². The van der Waals surface area contributed by atoms with Crippen molar-refractivity contribution in [3.63, 3.8) is 0 Å². The van der Waals surface area contributed by atoms with Gasteiger partial charge in [0.2, 0.25) is 9.04 Å². The van der Waals surface area contributed by atoms with E-state index in [-0.39, 0.29) is 17.3 Å². The molecule has 0 spiro atoms. The van der Waals surface area contributed by atoms with Crippen molar-refractivity contribution >= 4 is 20.5 Å². The Balaban J connectivity index is 2.58. The predicted octanol–water partition coefficient (Wildman–Crippen LogP) is 4.45. The Morgan fingerprint density at radius 2 is 2.00 bits per heavy atom. The number of para-hydroxylation sites is 1. The van der Waals surface area contributed by atoms with Gasteiger partial charge in [-0.25, -0.2) is 0 Å². The number of rotatable bonds is 4. The number of anilines is 1. The van der Waals surface area contributed by atoms with Crippen LogP contribution in [0.15, 0.2) is 18.2 Å². The van der Waals surface area contributed by atoms with E-state index in [2.05, 4.69) is 51.8 Å². The van der Waals surface area contributed by atoms with E-state index in [1.807, 2.05) is 12.1 Å². The average molecular weight is 319 g/mol. The number of hydrogen-bond acceptors (Lipinski definition) is 3. The molecule has 0 aromatic heterocycles. The molecule has 4 heteroatoms. The van der Waals surface area contributed by atoms with Crippen molar-refractivity contribution in [3.05, 3.63) is 29.3 Å². The summed E-state index contributed by atoms with van der Waals surface area (Å²) in [5.41, 5.74) is 3.14. The summed E-state index contributed by atoms with van der Waals surface area (Å²) < 4.78 is 6.36. The molecule has 2 rings (SSSR count). The van der Waals surface area contributed by atoms with E-state index in [4.69, 9.17) is 4.43 Å². The smallest absolute Gasteiger partial charge is 0.205 e. The van der Waals surface area contributed by atoms with Gasteiger partial charge in [-0.1, -0.05) is 32.9 Å². The number of carbonyl (C=O) groups excluding carboxylic acids is 1. The van der Waals surface area contributed by atoms with Gasteiger partial charge >= 0.3 is 0 Å². The van der Waals surface area contributed by atoms with Crippen LogP contribution >= 0.6 is 0 Å². The summed E-state index contributed by atoms with van der Waals surface area (Å²) in [6.45, 7) is 14.9. The molecule has 0 bridgehead atoms. The largest absolute Gasteiger partial charge is 0.410 e. The van der Waals surface area contributed by atoms with Crippen molar-refractivity contribution in [1.82, 2.24) is 0 Å². The van der Waals surface area contributed by atoms with Crippen molar-refractivity contribution in [1.29, 1.82) is 0 Å². The molecule has 121 valence electrons. The molecule has 1 atom stereocenters. The molecule has 0 saturated heterocycles. The van der Waals surface area contributed by atoms with Gasteiger partial charge in [0.25, 0.3) is 0 Å². The quantitative estimate of drug-likeness (QED) is 0.768. The minimum Gasteiger partial charge on any atom is -0.410 e. The van der Waals surface area contributed by atoms with Crippen LogP contribution in [0.3, 0.4) is 0 Å². The molecule has 1 radical (unpaired) electrons. The van der Waals surface area contributed by atoms with Gasteiger partial charge in [-0.05, 0) is 31.5 Å². The van der Waals surface area contributed by atoms with Crippen molar-refractivity contribution in [2.24, 2.45) is 5.41 Å². The van der Waals surface area contributed by atoms with Gasteiger partial charge in [-0.3, -0.25) is 4.79 Å². The highest BCUT2D eigenvalue weighted by molar-refractivity contribution is 6.48. The lowest BCUT2D eigenvalue weighted by Crippen LogP contribution is -2.35. The molecule has 1 aliphatic rings. The van der Waals surface area contributed by atoms with E-state index in [0.717, 1.165) is 24.3 Å². The summed E-state index contributed by atoms with van der Waals surface area (Å²) in [7, 11) is -0.829. The predicted molar refractivity (Wildman–Crippen MR) is 94.0 cm³/mol. The van der Waals surface area contributed by atoms with Crippen LogP contribution in [-0.4, -0.2) is 27.9 Å². The van der Waals surface area contributed by atoms with Crippen molar-refractivity contribution in [3.8, 4) is 0 Å². The van der Waals surface area contributed by atoms with Crippen LogP contribution in [0, 0.1) is 5.41 Å². The Bertz CT molecular complexity index is 549. The number of benzene rings is 1. The Hall–Kier alpha value is -1.13. The van der Waals surface area contributed by atoms with Crippen LogP contribution in [0.4, 0.5) is 5.69 Å². The summed E-state index contributed by atoms with van der Waals surface area (Å²) >= 11 is 0. The molecule has 3 nitrogen and oxygen atoms in total. The molecule has 22 heavy (non-hydrogen) atoms. The number of Topliss-reactive ketones (excluding diaryl/α,β-unsaturated/α-hetero) is 1. The number of fused-ring (bicyclic) bond motifs is 1. The topological polar surface area (TPSA) is 29.5 Å². The Kier molecular flexibility index (Phi) is 5.13. The highest BCUT2D eigenvalue weighted by Gasteiger charge is 2.34. The molecule has 1 aromatic carbocycles. The molecule has 1 aliphatic heterocycles. The van der Waals surface area contributed by atoms with Crippen LogP contribution < -0.4 is 4.90 Å². The van der Waals surface area contributed by atoms with Crippen molar-refractivity contribution < 1.29 is 9.22 Å². The molecule has 0 N–H and O–H groups in total. The van der Waals surface area contributed by atoms with Gasteiger partial charge in [-0.2, -0.15) is 0 Å². The fraction of sp³-hybridized carbons (Fsp3) is 0.611. The Morgan fingerprint density at radius 3 is 2.55 bits per heavy atom. The molecule has 1 aromatic rings. The minimum absolute atomic E-state index is 0.00301. The third-order valence-electron chi connectivity index (χ3n) is 4.10. The van der Waals surface area contributed by atoms with E-state index in [9.17, 15) is 4.79 Å². The number of hydrogen-bond donors (Lipinski definition) is 0. The lowest BCUT2D eigenvalue weighted by molar-refractivity contribution is 0.0863. The second kappa shape index (κ2) is 6.55. The standard InChI is InChI=1S/C18H28NO2Si/c1-7-19-12-11-15(20)13-9-8-10-14(16(13)19)17(18(2,3)4)21-22(5)6/h8-10,17H,7,11-12H2,1-6H3. The number of nitrogens with zero attached hydrogens (tertiary/aromatic N) is 1. The molecule has 0 aliphatic carbocycles. The highest BCUT2D eigenvalue weighted by atomic mass is 28.3. The van der Waals surface area contributed by atoms with Crippen LogP contribution in [0.5, 0.6) is 0 Å². The molecular formula is C18H28NO2Si.